The molecule has 0 saturated carbocycles. The minimum Gasteiger partial charge on any atom is -0.343 e. The molecule has 1 atom stereocenters. The van der Waals surface area contributed by atoms with E-state index in [1.54, 1.807) is 38.1 Å². The van der Waals surface area contributed by atoms with Crippen LogP contribution in [0.5, 0.6) is 0 Å². The maximum Gasteiger partial charge on any atom is 0.416 e. The maximum absolute atomic E-state index is 12.7. The Bertz CT molecular complexity index is 961. The van der Waals surface area contributed by atoms with Gasteiger partial charge in [0.2, 0.25) is 5.91 Å². The molecule has 8 heteroatoms. The number of carbonyl (C=O) groups excluding carboxylic acids is 2. The zero-order chi connectivity index (χ0) is 22.3. The predicted molar refractivity (Wildman–Crippen MR) is 109 cm³/mol. The van der Waals surface area contributed by atoms with E-state index in [0.717, 1.165) is 12.1 Å². The van der Waals surface area contributed by atoms with Crippen LogP contribution in [0, 0.1) is 17.8 Å². The minimum absolute atomic E-state index is 0.0743. The van der Waals surface area contributed by atoms with Gasteiger partial charge in [-0.05, 0) is 48.4 Å². The van der Waals surface area contributed by atoms with Crippen LogP contribution in [0.2, 0.25) is 5.02 Å². The van der Waals surface area contributed by atoms with Gasteiger partial charge in [0.15, 0.2) is 0 Å². The van der Waals surface area contributed by atoms with Crippen LogP contribution in [0.1, 0.15) is 35.3 Å². The third-order valence-corrected chi connectivity index (χ3v) is 4.37. The first-order valence-corrected chi connectivity index (χ1v) is 9.46. The highest BCUT2D eigenvalue weighted by Gasteiger charge is 2.30. The molecular weight excluding hydrogens is 417 g/mol. The van der Waals surface area contributed by atoms with Crippen LogP contribution in [-0.4, -0.2) is 24.4 Å². The molecule has 4 nitrogen and oxygen atoms in total. The molecule has 0 heterocycles. The Kier molecular flexibility index (Phi) is 7.90. The zero-order valence-electron chi connectivity index (χ0n) is 16.3. The van der Waals surface area contributed by atoms with Crippen molar-refractivity contribution in [3.63, 3.8) is 0 Å². The highest BCUT2D eigenvalue weighted by Crippen LogP contribution is 2.29. The van der Waals surface area contributed by atoms with Gasteiger partial charge >= 0.3 is 6.18 Å². The summed E-state index contributed by atoms with van der Waals surface area (Å²) in [5, 5.41) is 5.73. The van der Waals surface area contributed by atoms with Gasteiger partial charge in [-0.3, -0.25) is 9.59 Å². The lowest BCUT2D eigenvalue weighted by molar-refractivity contribution is -0.137. The van der Waals surface area contributed by atoms with Crippen molar-refractivity contribution in [3.8, 4) is 11.8 Å². The first-order chi connectivity index (χ1) is 14.1. The number of halogens is 4. The summed E-state index contributed by atoms with van der Waals surface area (Å²) in [5.41, 5.74) is -0.235. The molecule has 0 radical (unpaired) electrons. The third kappa shape index (κ3) is 6.82. The molecule has 0 aliphatic heterocycles. The normalized spacial score (nSPS) is 12.0. The topological polar surface area (TPSA) is 58.2 Å². The van der Waals surface area contributed by atoms with Crippen molar-refractivity contribution < 1.29 is 22.8 Å². The first-order valence-electron chi connectivity index (χ1n) is 9.08. The zero-order valence-corrected chi connectivity index (χ0v) is 17.1. The summed E-state index contributed by atoms with van der Waals surface area (Å²) in [7, 11) is 0. The second kappa shape index (κ2) is 10.2. The van der Waals surface area contributed by atoms with E-state index >= 15 is 0 Å². The van der Waals surface area contributed by atoms with Crippen molar-refractivity contribution in [2.45, 2.75) is 26.1 Å². The fourth-order valence-corrected chi connectivity index (χ4v) is 2.65. The van der Waals surface area contributed by atoms with E-state index in [1.165, 1.54) is 12.1 Å². The Hall–Kier alpha value is -2.98. The van der Waals surface area contributed by atoms with Gasteiger partial charge in [0.05, 0.1) is 12.1 Å². The van der Waals surface area contributed by atoms with Gasteiger partial charge in [0.1, 0.15) is 6.04 Å². The van der Waals surface area contributed by atoms with Gasteiger partial charge in [-0.2, -0.15) is 13.2 Å². The number of hydrogen-bond acceptors (Lipinski definition) is 2. The van der Waals surface area contributed by atoms with Gasteiger partial charge in [0.25, 0.3) is 5.91 Å². The lowest BCUT2D eigenvalue weighted by Gasteiger charge is -2.21. The fraction of sp³-hybridized carbons (Fsp3) is 0.273. The van der Waals surface area contributed by atoms with E-state index in [4.69, 9.17) is 11.6 Å². The first kappa shape index (κ1) is 23.3. The van der Waals surface area contributed by atoms with Crippen LogP contribution < -0.4 is 10.6 Å². The molecule has 2 rings (SSSR count). The fourth-order valence-electron chi connectivity index (χ4n) is 2.52. The lowest BCUT2D eigenvalue weighted by atomic mass is 10.0. The van der Waals surface area contributed by atoms with Gasteiger partial charge in [-0.1, -0.05) is 43.4 Å². The molecule has 30 heavy (non-hydrogen) atoms. The molecule has 0 spiro atoms. The molecule has 0 saturated heterocycles. The van der Waals surface area contributed by atoms with E-state index in [0.29, 0.717) is 10.6 Å². The van der Waals surface area contributed by atoms with E-state index < -0.39 is 29.6 Å². The summed E-state index contributed by atoms with van der Waals surface area (Å²) in [6, 6.07) is 10.1. The largest absolute Gasteiger partial charge is 0.416 e. The van der Waals surface area contributed by atoms with Crippen LogP contribution in [-0.2, 0) is 11.0 Å². The van der Waals surface area contributed by atoms with Crippen molar-refractivity contribution in [1.82, 2.24) is 10.6 Å². The average molecular weight is 437 g/mol. The Morgan fingerprint density at radius 2 is 1.77 bits per heavy atom. The Morgan fingerprint density at radius 1 is 1.10 bits per heavy atom. The molecule has 2 aromatic carbocycles. The smallest absolute Gasteiger partial charge is 0.343 e. The van der Waals surface area contributed by atoms with Crippen molar-refractivity contribution in [2.24, 2.45) is 5.92 Å². The van der Waals surface area contributed by atoms with Crippen LogP contribution in [0.4, 0.5) is 13.2 Å². The van der Waals surface area contributed by atoms with E-state index in [2.05, 4.69) is 22.5 Å². The molecule has 0 bridgehead atoms. The third-order valence-electron chi connectivity index (χ3n) is 4.12. The number of benzene rings is 2. The monoisotopic (exact) mass is 436 g/mol. The van der Waals surface area contributed by atoms with Gasteiger partial charge in [-0.25, -0.2) is 0 Å². The summed E-state index contributed by atoms with van der Waals surface area (Å²) in [4.78, 5) is 24.8. The SMILES string of the molecule is CC(C)C(NC(=O)c1ccc(Cl)cc1)C(=O)NCC#Cc1cccc(C(F)(F)F)c1. The molecule has 2 N–H and O–H groups in total. The molecular formula is C22H20ClF3N2O2. The molecule has 158 valence electrons. The number of hydrogen-bond donors (Lipinski definition) is 2. The van der Waals surface area contributed by atoms with Crippen molar-refractivity contribution in [3.05, 3.63) is 70.2 Å². The summed E-state index contributed by atoms with van der Waals surface area (Å²) < 4.78 is 38.2. The molecule has 0 fully saturated rings. The van der Waals surface area contributed by atoms with E-state index in [9.17, 15) is 22.8 Å². The minimum atomic E-state index is -4.45. The van der Waals surface area contributed by atoms with Gasteiger partial charge < -0.3 is 10.6 Å². The van der Waals surface area contributed by atoms with Crippen LogP contribution in [0.25, 0.3) is 0 Å². The Balaban J connectivity index is 1.97. The lowest BCUT2D eigenvalue weighted by Crippen LogP contribution is -2.49. The van der Waals surface area contributed by atoms with E-state index in [1.807, 2.05) is 0 Å². The Labute approximate surface area is 177 Å². The predicted octanol–water partition coefficient (Wildman–Crippen LogP) is 4.28. The van der Waals surface area contributed by atoms with Crippen molar-refractivity contribution in [2.75, 3.05) is 6.54 Å². The van der Waals surface area contributed by atoms with Crippen molar-refractivity contribution in [1.29, 1.82) is 0 Å². The summed E-state index contributed by atoms with van der Waals surface area (Å²) in [6.45, 7) is 3.48. The number of rotatable bonds is 5. The van der Waals surface area contributed by atoms with Gasteiger partial charge in [-0.15, -0.1) is 0 Å². The molecule has 0 aliphatic rings. The standard InChI is InChI=1S/C22H20ClF3N2O2/c1-14(2)19(28-20(29)16-8-10-18(23)11-9-16)21(30)27-12-4-6-15-5-3-7-17(13-15)22(24,25)26/h3,5,7-11,13-14,19H,12H2,1-2H3,(H,27,30)(H,28,29). The number of alkyl halides is 3. The molecule has 2 amide bonds. The second-order valence-electron chi connectivity index (χ2n) is 6.80. The van der Waals surface area contributed by atoms with Crippen molar-refractivity contribution >= 4 is 23.4 Å². The Morgan fingerprint density at radius 3 is 2.37 bits per heavy atom. The second-order valence-corrected chi connectivity index (χ2v) is 7.24. The summed E-state index contributed by atoms with van der Waals surface area (Å²) in [6.07, 6.45) is -4.45. The number of nitrogens with one attached hydrogen (secondary N) is 2. The molecule has 1 unspecified atom stereocenters. The van der Waals surface area contributed by atoms with Crippen LogP contribution in [0.3, 0.4) is 0 Å². The molecule has 0 aliphatic carbocycles. The maximum atomic E-state index is 12.7. The molecule has 2 aromatic rings. The highest BCUT2D eigenvalue weighted by molar-refractivity contribution is 6.30. The highest BCUT2D eigenvalue weighted by atomic mass is 35.5. The summed E-state index contributed by atoms with van der Waals surface area (Å²) in [5.74, 6) is 4.15. The quantitative estimate of drug-likeness (QED) is 0.687. The number of amides is 2. The average Bonchev–Trinajstić information content (AvgIpc) is 2.69. The van der Waals surface area contributed by atoms with E-state index in [-0.39, 0.29) is 18.0 Å². The van der Waals surface area contributed by atoms with Gasteiger partial charge in [0, 0.05) is 16.1 Å². The molecule has 0 aromatic heterocycles. The summed E-state index contributed by atoms with van der Waals surface area (Å²) >= 11 is 5.80. The van der Waals surface area contributed by atoms with Crippen LogP contribution in [0.15, 0.2) is 48.5 Å². The number of carbonyl (C=O) groups is 2. The van der Waals surface area contributed by atoms with Crippen LogP contribution >= 0.6 is 11.6 Å².